The van der Waals surface area contributed by atoms with Crippen molar-refractivity contribution in [1.82, 2.24) is 10.6 Å². The van der Waals surface area contributed by atoms with Crippen LogP contribution in [0.1, 0.15) is 32.6 Å². The number of unbranched alkanes of at least 4 members (excludes halogenated alkanes) is 1. The summed E-state index contributed by atoms with van der Waals surface area (Å²) in [5.74, 6) is 6.06. The largest absolute Gasteiger partial charge is 0.388 e. The molecular formula is C14H22N2. The molecular weight excluding hydrogens is 196 g/mol. The highest BCUT2D eigenvalue weighted by Crippen LogP contribution is 2.15. The summed E-state index contributed by atoms with van der Waals surface area (Å²) in [5.41, 5.74) is 2.61. The first kappa shape index (κ1) is 12.9. The van der Waals surface area contributed by atoms with E-state index < -0.39 is 0 Å². The van der Waals surface area contributed by atoms with Crippen molar-refractivity contribution in [3.8, 4) is 11.8 Å². The predicted molar refractivity (Wildman–Crippen MR) is 70.0 cm³/mol. The number of allylic oxidation sites excluding steroid dienone is 4. The third kappa shape index (κ3) is 5.04. The fourth-order valence-corrected chi connectivity index (χ4v) is 1.72. The maximum atomic E-state index is 3.48. The normalized spacial score (nSPS) is 14.6. The Balaban J connectivity index is 2.21. The molecule has 2 heteroatoms. The van der Waals surface area contributed by atoms with Crippen LogP contribution < -0.4 is 10.6 Å². The van der Waals surface area contributed by atoms with Crippen LogP contribution in [0.3, 0.4) is 0 Å². The Morgan fingerprint density at radius 1 is 1.19 bits per heavy atom. The van der Waals surface area contributed by atoms with Crippen molar-refractivity contribution in [1.29, 1.82) is 0 Å². The van der Waals surface area contributed by atoms with Gasteiger partial charge in [0.25, 0.3) is 0 Å². The molecule has 0 radical (unpaired) electrons. The van der Waals surface area contributed by atoms with E-state index in [1.54, 1.807) is 0 Å². The molecule has 0 aromatic rings. The molecule has 2 nitrogen and oxygen atoms in total. The first-order chi connectivity index (χ1) is 7.86. The summed E-state index contributed by atoms with van der Waals surface area (Å²) < 4.78 is 0. The van der Waals surface area contributed by atoms with Crippen LogP contribution in [-0.4, -0.2) is 20.1 Å². The topological polar surface area (TPSA) is 24.1 Å². The number of hydrogen-bond donors (Lipinski definition) is 2. The van der Waals surface area contributed by atoms with Crippen molar-refractivity contribution in [3.05, 3.63) is 23.4 Å². The molecule has 0 heterocycles. The molecule has 16 heavy (non-hydrogen) atoms. The summed E-state index contributed by atoms with van der Waals surface area (Å²) in [4.78, 5) is 0. The molecule has 1 rings (SSSR count). The first-order valence-electron chi connectivity index (χ1n) is 6.07. The van der Waals surface area contributed by atoms with Gasteiger partial charge in [-0.15, -0.1) is 5.92 Å². The summed E-state index contributed by atoms with van der Waals surface area (Å²) >= 11 is 0. The van der Waals surface area contributed by atoms with Gasteiger partial charge in [-0.25, -0.2) is 0 Å². The van der Waals surface area contributed by atoms with E-state index in [4.69, 9.17) is 0 Å². The van der Waals surface area contributed by atoms with Crippen LogP contribution in [0, 0.1) is 11.8 Å². The molecule has 1 aliphatic carbocycles. The molecule has 0 amide bonds. The lowest BCUT2D eigenvalue weighted by molar-refractivity contribution is 0.632. The summed E-state index contributed by atoms with van der Waals surface area (Å²) in [6, 6.07) is 0. The lowest BCUT2D eigenvalue weighted by Gasteiger charge is -2.13. The molecule has 0 bridgehead atoms. The highest BCUT2D eigenvalue weighted by Gasteiger charge is 2.03. The van der Waals surface area contributed by atoms with Gasteiger partial charge in [-0.2, -0.15) is 0 Å². The lowest BCUT2D eigenvalue weighted by Crippen LogP contribution is -2.17. The molecule has 0 unspecified atom stereocenters. The van der Waals surface area contributed by atoms with Crippen LogP contribution in [0.25, 0.3) is 0 Å². The van der Waals surface area contributed by atoms with Crippen molar-refractivity contribution in [3.63, 3.8) is 0 Å². The fraction of sp³-hybridized carbons (Fsp3) is 0.571. The van der Waals surface area contributed by atoms with Gasteiger partial charge in [0.05, 0.1) is 0 Å². The summed E-state index contributed by atoms with van der Waals surface area (Å²) in [5, 5.41) is 6.64. The Bertz CT molecular complexity index is 315. The van der Waals surface area contributed by atoms with Crippen molar-refractivity contribution in [2.75, 3.05) is 20.1 Å². The van der Waals surface area contributed by atoms with Gasteiger partial charge in [-0.3, -0.25) is 0 Å². The van der Waals surface area contributed by atoms with Crippen LogP contribution in [0.4, 0.5) is 0 Å². The van der Waals surface area contributed by atoms with Crippen LogP contribution in [0.15, 0.2) is 23.4 Å². The van der Waals surface area contributed by atoms with E-state index >= 15 is 0 Å². The van der Waals surface area contributed by atoms with Crippen LogP contribution >= 0.6 is 0 Å². The second-order valence-corrected chi connectivity index (χ2v) is 4.00. The molecule has 0 fully saturated rings. The lowest BCUT2D eigenvalue weighted by atomic mass is 10.0. The van der Waals surface area contributed by atoms with Crippen LogP contribution in [0.5, 0.6) is 0 Å². The van der Waals surface area contributed by atoms with Gasteiger partial charge >= 0.3 is 0 Å². The quantitative estimate of drug-likeness (QED) is 0.527. The minimum Gasteiger partial charge on any atom is -0.388 e. The van der Waals surface area contributed by atoms with Crippen LogP contribution in [0.2, 0.25) is 0 Å². The van der Waals surface area contributed by atoms with E-state index in [0.29, 0.717) is 0 Å². The zero-order valence-corrected chi connectivity index (χ0v) is 10.4. The van der Waals surface area contributed by atoms with Gasteiger partial charge < -0.3 is 10.6 Å². The van der Waals surface area contributed by atoms with Crippen molar-refractivity contribution in [2.24, 2.45) is 0 Å². The molecule has 2 N–H and O–H groups in total. The molecule has 0 spiro atoms. The monoisotopic (exact) mass is 218 g/mol. The van der Waals surface area contributed by atoms with E-state index in [-0.39, 0.29) is 0 Å². The van der Waals surface area contributed by atoms with Gasteiger partial charge in [0.15, 0.2) is 0 Å². The predicted octanol–water partition coefficient (Wildman–Crippen LogP) is 2.20. The van der Waals surface area contributed by atoms with Crippen molar-refractivity contribution >= 4 is 0 Å². The molecule has 0 aromatic carbocycles. The Labute approximate surface area is 99.2 Å². The Kier molecular flexibility index (Phi) is 6.44. The second-order valence-electron chi connectivity index (χ2n) is 4.00. The molecule has 0 aromatic heterocycles. The van der Waals surface area contributed by atoms with Crippen LogP contribution in [-0.2, 0) is 0 Å². The maximum absolute atomic E-state index is 3.48. The average molecular weight is 218 g/mol. The number of hydrogen-bond acceptors (Lipinski definition) is 2. The Morgan fingerprint density at radius 2 is 2.00 bits per heavy atom. The van der Waals surface area contributed by atoms with Crippen molar-refractivity contribution in [2.45, 2.75) is 32.6 Å². The maximum Gasteiger partial charge on any atom is 0.0144 e. The Hall–Kier alpha value is -1.20. The fourth-order valence-electron chi connectivity index (χ4n) is 1.72. The van der Waals surface area contributed by atoms with Gasteiger partial charge in [-0.05, 0) is 58.4 Å². The van der Waals surface area contributed by atoms with E-state index in [0.717, 1.165) is 25.9 Å². The molecule has 0 saturated carbocycles. The summed E-state index contributed by atoms with van der Waals surface area (Å²) in [7, 11) is 2.00. The molecule has 0 aliphatic heterocycles. The summed E-state index contributed by atoms with van der Waals surface area (Å²) in [6.07, 6.45) is 8.95. The number of nitrogens with one attached hydrogen (secondary N) is 2. The zero-order valence-electron chi connectivity index (χ0n) is 10.4. The van der Waals surface area contributed by atoms with Gasteiger partial charge in [-0.1, -0.05) is 5.92 Å². The first-order valence-corrected chi connectivity index (χ1v) is 6.07. The van der Waals surface area contributed by atoms with Crippen molar-refractivity contribution < 1.29 is 0 Å². The second kappa shape index (κ2) is 8.01. The van der Waals surface area contributed by atoms with E-state index in [9.17, 15) is 0 Å². The molecule has 0 atom stereocenters. The Morgan fingerprint density at radius 3 is 2.62 bits per heavy atom. The minimum atomic E-state index is 1.08. The third-order valence-corrected chi connectivity index (χ3v) is 2.64. The smallest absolute Gasteiger partial charge is 0.0144 e. The minimum absolute atomic E-state index is 1.08. The SMILES string of the molecule is CC#CC1=CC=C(NCCCCNC)CC1. The summed E-state index contributed by atoms with van der Waals surface area (Å²) in [6.45, 7) is 4.08. The van der Waals surface area contributed by atoms with Gasteiger partial charge in [0.1, 0.15) is 0 Å². The number of rotatable bonds is 6. The third-order valence-electron chi connectivity index (χ3n) is 2.64. The highest BCUT2D eigenvalue weighted by molar-refractivity contribution is 5.35. The molecule has 0 saturated heterocycles. The standard InChI is InChI=1S/C14H22N2/c1-3-6-13-7-9-14(10-8-13)16-12-5-4-11-15-2/h7,9,15-16H,4-5,8,10-12H2,1-2H3. The van der Waals surface area contributed by atoms with Gasteiger partial charge in [0, 0.05) is 17.8 Å². The van der Waals surface area contributed by atoms with Gasteiger partial charge in [0.2, 0.25) is 0 Å². The molecule has 88 valence electrons. The average Bonchev–Trinajstić information content (AvgIpc) is 2.31. The highest BCUT2D eigenvalue weighted by atomic mass is 14.9. The zero-order chi connectivity index (χ0) is 11.6. The molecule has 1 aliphatic rings. The van der Waals surface area contributed by atoms with E-state index in [1.165, 1.54) is 24.1 Å². The van der Waals surface area contributed by atoms with E-state index in [2.05, 4.69) is 34.6 Å². The van der Waals surface area contributed by atoms with E-state index in [1.807, 2.05) is 14.0 Å².